The van der Waals surface area contributed by atoms with Crippen molar-refractivity contribution in [3.63, 3.8) is 0 Å². The second-order valence-corrected chi connectivity index (χ2v) is 6.35. The Labute approximate surface area is 141 Å². The molecule has 0 aliphatic rings. The molecule has 112 valence electrons. The number of benzene rings is 3. The molecule has 0 unspecified atom stereocenters. The van der Waals surface area contributed by atoms with E-state index in [0.29, 0.717) is 0 Å². The van der Waals surface area contributed by atoms with Crippen LogP contribution in [-0.2, 0) is 0 Å². The van der Waals surface area contributed by atoms with Crippen molar-refractivity contribution in [2.24, 2.45) is 0 Å². The maximum Gasteiger partial charge on any atom is 0.123 e. The Morgan fingerprint density at radius 2 is 1.52 bits per heavy atom. The largest absolute Gasteiger partial charge is 0.354 e. The third-order valence-electron chi connectivity index (χ3n) is 3.96. The average molecular weight is 366 g/mol. The number of fused-ring (bicyclic) bond motifs is 1. The highest BCUT2D eigenvalue weighted by molar-refractivity contribution is 9.10. The van der Waals surface area contributed by atoms with Gasteiger partial charge in [-0.1, -0.05) is 58.4 Å². The topological polar surface area (TPSA) is 15.8 Å². The standard InChI is InChI=1S/C20H13BrFN/c21-15-8-6-13(7-9-15)19-17-12-16(22)10-11-18(17)23-20(19)14-4-2-1-3-5-14/h1-12,23H. The molecule has 0 atom stereocenters. The fourth-order valence-corrected chi connectivity index (χ4v) is 3.17. The SMILES string of the molecule is Fc1ccc2[nH]c(-c3ccccc3)c(-c3ccc(Br)cc3)c2c1. The molecule has 0 bridgehead atoms. The van der Waals surface area contributed by atoms with Crippen LogP contribution in [0.4, 0.5) is 4.39 Å². The summed E-state index contributed by atoms with van der Waals surface area (Å²) in [5, 5.41) is 0.895. The summed E-state index contributed by atoms with van der Waals surface area (Å²) in [5.41, 5.74) is 5.11. The monoisotopic (exact) mass is 365 g/mol. The third-order valence-corrected chi connectivity index (χ3v) is 4.48. The van der Waals surface area contributed by atoms with E-state index in [1.807, 2.05) is 42.5 Å². The van der Waals surface area contributed by atoms with E-state index in [2.05, 4.69) is 33.0 Å². The molecule has 0 saturated heterocycles. The number of aromatic amines is 1. The molecule has 0 saturated carbocycles. The van der Waals surface area contributed by atoms with Gasteiger partial charge in [0.1, 0.15) is 5.82 Å². The minimum Gasteiger partial charge on any atom is -0.354 e. The molecule has 1 nitrogen and oxygen atoms in total. The molecule has 1 N–H and O–H groups in total. The Bertz CT molecular complexity index is 972. The molecule has 0 aliphatic heterocycles. The Morgan fingerprint density at radius 3 is 2.26 bits per heavy atom. The van der Waals surface area contributed by atoms with Gasteiger partial charge in [0, 0.05) is 20.9 Å². The lowest BCUT2D eigenvalue weighted by Crippen LogP contribution is -1.82. The van der Waals surface area contributed by atoms with Crippen LogP contribution in [0.15, 0.2) is 77.3 Å². The third kappa shape index (κ3) is 2.57. The minimum absolute atomic E-state index is 0.227. The summed E-state index contributed by atoms with van der Waals surface area (Å²) in [6.45, 7) is 0. The zero-order valence-electron chi connectivity index (χ0n) is 12.2. The van der Waals surface area contributed by atoms with E-state index < -0.39 is 0 Å². The van der Waals surface area contributed by atoms with Crippen LogP contribution in [-0.4, -0.2) is 4.98 Å². The fraction of sp³-hybridized carbons (Fsp3) is 0. The van der Waals surface area contributed by atoms with Crippen molar-refractivity contribution < 1.29 is 4.39 Å². The molecule has 1 heterocycles. The Kier molecular flexibility index (Phi) is 3.50. The Hall–Kier alpha value is -2.39. The fourth-order valence-electron chi connectivity index (χ4n) is 2.90. The highest BCUT2D eigenvalue weighted by Crippen LogP contribution is 2.38. The first-order valence-corrected chi connectivity index (χ1v) is 8.14. The second-order valence-electron chi connectivity index (χ2n) is 5.44. The number of rotatable bonds is 2. The van der Waals surface area contributed by atoms with Crippen molar-refractivity contribution in [3.8, 4) is 22.4 Å². The van der Waals surface area contributed by atoms with E-state index >= 15 is 0 Å². The molecule has 3 heteroatoms. The van der Waals surface area contributed by atoms with E-state index in [0.717, 1.165) is 37.8 Å². The molecule has 0 amide bonds. The minimum atomic E-state index is -0.227. The lowest BCUT2D eigenvalue weighted by Gasteiger charge is -2.06. The van der Waals surface area contributed by atoms with E-state index in [-0.39, 0.29) is 5.82 Å². The normalized spacial score (nSPS) is 11.0. The Morgan fingerprint density at radius 1 is 0.783 bits per heavy atom. The average Bonchev–Trinajstić information content (AvgIpc) is 2.95. The smallest absolute Gasteiger partial charge is 0.123 e. The zero-order valence-corrected chi connectivity index (χ0v) is 13.8. The molecule has 0 fully saturated rings. The van der Waals surface area contributed by atoms with Crippen LogP contribution in [0.2, 0.25) is 0 Å². The molecule has 1 aromatic heterocycles. The molecule has 0 spiro atoms. The number of hydrogen-bond acceptors (Lipinski definition) is 0. The summed E-state index contributed by atoms with van der Waals surface area (Å²) in [4.78, 5) is 3.44. The number of H-pyrrole nitrogens is 1. The molecule has 0 aliphatic carbocycles. The summed E-state index contributed by atoms with van der Waals surface area (Å²) < 4.78 is 14.8. The number of halogens is 2. The van der Waals surface area contributed by atoms with Crippen LogP contribution < -0.4 is 0 Å². The van der Waals surface area contributed by atoms with E-state index in [9.17, 15) is 4.39 Å². The van der Waals surface area contributed by atoms with Gasteiger partial charge in [0.25, 0.3) is 0 Å². The van der Waals surface area contributed by atoms with Crippen LogP contribution in [0.5, 0.6) is 0 Å². The maximum atomic E-state index is 13.8. The molecule has 4 rings (SSSR count). The first-order valence-electron chi connectivity index (χ1n) is 7.35. The van der Waals surface area contributed by atoms with Crippen molar-refractivity contribution in [1.82, 2.24) is 4.98 Å². The van der Waals surface area contributed by atoms with Crippen LogP contribution >= 0.6 is 15.9 Å². The second kappa shape index (κ2) is 5.67. The predicted octanol–water partition coefficient (Wildman–Crippen LogP) is 6.40. The number of hydrogen-bond donors (Lipinski definition) is 1. The van der Waals surface area contributed by atoms with Crippen molar-refractivity contribution >= 4 is 26.8 Å². The van der Waals surface area contributed by atoms with E-state index in [1.165, 1.54) is 6.07 Å². The quantitative estimate of drug-likeness (QED) is 0.422. The van der Waals surface area contributed by atoms with Crippen LogP contribution in [0.3, 0.4) is 0 Å². The van der Waals surface area contributed by atoms with Gasteiger partial charge in [0.2, 0.25) is 0 Å². The number of nitrogens with one attached hydrogen (secondary N) is 1. The van der Waals surface area contributed by atoms with Crippen molar-refractivity contribution in [2.75, 3.05) is 0 Å². The highest BCUT2D eigenvalue weighted by Gasteiger charge is 2.15. The van der Waals surface area contributed by atoms with Crippen molar-refractivity contribution in [1.29, 1.82) is 0 Å². The van der Waals surface area contributed by atoms with Gasteiger partial charge >= 0.3 is 0 Å². The first kappa shape index (κ1) is 14.2. The summed E-state index contributed by atoms with van der Waals surface area (Å²) in [6, 6.07) is 23.1. The van der Waals surface area contributed by atoms with Gasteiger partial charge in [0.05, 0.1) is 5.69 Å². The van der Waals surface area contributed by atoms with E-state index in [4.69, 9.17) is 0 Å². The maximum absolute atomic E-state index is 13.8. The molecule has 3 aromatic carbocycles. The van der Waals surface area contributed by atoms with Crippen molar-refractivity contribution in [3.05, 3.63) is 83.1 Å². The van der Waals surface area contributed by atoms with Gasteiger partial charge in [0.15, 0.2) is 0 Å². The first-order chi connectivity index (χ1) is 11.2. The van der Waals surface area contributed by atoms with Gasteiger partial charge in [-0.05, 0) is 41.5 Å². The molecular weight excluding hydrogens is 353 g/mol. The summed E-state index contributed by atoms with van der Waals surface area (Å²) >= 11 is 3.47. The van der Waals surface area contributed by atoms with Crippen LogP contribution in [0.25, 0.3) is 33.3 Å². The molecule has 23 heavy (non-hydrogen) atoms. The summed E-state index contributed by atoms with van der Waals surface area (Å²) in [7, 11) is 0. The van der Waals surface area contributed by atoms with Gasteiger partial charge in [-0.15, -0.1) is 0 Å². The van der Waals surface area contributed by atoms with Crippen LogP contribution in [0, 0.1) is 5.82 Å². The van der Waals surface area contributed by atoms with Gasteiger partial charge in [-0.3, -0.25) is 0 Å². The van der Waals surface area contributed by atoms with Gasteiger partial charge < -0.3 is 4.98 Å². The predicted molar refractivity (Wildman–Crippen MR) is 96.8 cm³/mol. The molecule has 4 aromatic rings. The zero-order chi connectivity index (χ0) is 15.8. The number of aromatic nitrogens is 1. The highest BCUT2D eigenvalue weighted by atomic mass is 79.9. The molecular formula is C20H13BrFN. The lowest BCUT2D eigenvalue weighted by atomic mass is 9.98. The van der Waals surface area contributed by atoms with Crippen LogP contribution in [0.1, 0.15) is 0 Å². The summed E-state index contributed by atoms with van der Waals surface area (Å²) in [5.74, 6) is -0.227. The molecule has 0 radical (unpaired) electrons. The van der Waals surface area contributed by atoms with E-state index in [1.54, 1.807) is 12.1 Å². The Balaban J connectivity index is 2.06. The summed E-state index contributed by atoms with van der Waals surface area (Å²) in [6.07, 6.45) is 0. The van der Waals surface area contributed by atoms with Crippen molar-refractivity contribution in [2.45, 2.75) is 0 Å². The van der Waals surface area contributed by atoms with Gasteiger partial charge in [-0.25, -0.2) is 4.39 Å². The lowest BCUT2D eigenvalue weighted by molar-refractivity contribution is 0.630. The van der Waals surface area contributed by atoms with Gasteiger partial charge in [-0.2, -0.15) is 0 Å².